The predicted molar refractivity (Wildman–Crippen MR) is 78.9 cm³/mol. The van der Waals surface area contributed by atoms with E-state index in [-0.39, 0.29) is 5.91 Å². The van der Waals surface area contributed by atoms with Crippen LogP contribution in [0.25, 0.3) is 0 Å². The molecular weight excluding hydrogens is 268 g/mol. The van der Waals surface area contributed by atoms with Crippen LogP contribution in [0.5, 0.6) is 0 Å². The number of benzene rings is 1. The number of rotatable bonds is 1. The predicted octanol–water partition coefficient (Wildman–Crippen LogP) is -0.00378. The second-order valence-electron chi connectivity index (χ2n) is 5.35. The molecule has 0 saturated carbocycles. The molecule has 1 saturated heterocycles. The van der Waals surface area contributed by atoms with E-state index in [0.717, 1.165) is 31.7 Å². The molecule has 1 fully saturated rings. The monoisotopic (exact) mass is 286 g/mol. The van der Waals surface area contributed by atoms with Crippen LogP contribution in [0.2, 0.25) is 0 Å². The van der Waals surface area contributed by atoms with Crippen molar-refractivity contribution in [2.45, 2.75) is 12.8 Å². The van der Waals surface area contributed by atoms with Crippen LogP contribution in [0, 0.1) is 6.92 Å². The molecule has 0 radical (unpaired) electrons. The van der Waals surface area contributed by atoms with E-state index in [2.05, 4.69) is 15.6 Å². The summed E-state index contributed by atoms with van der Waals surface area (Å²) in [7, 11) is 0. The smallest absolute Gasteiger partial charge is 0.265 e. The lowest BCUT2D eigenvalue weighted by atomic mass is 9.95. The van der Waals surface area contributed by atoms with Crippen molar-refractivity contribution in [1.82, 2.24) is 15.5 Å². The lowest BCUT2D eigenvalue weighted by Gasteiger charge is -2.32. The van der Waals surface area contributed by atoms with E-state index >= 15 is 0 Å². The zero-order chi connectivity index (χ0) is 14.8. The van der Waals surface area contributed by atoms with E-state index in [0.29, 0.717) is 11.5 Å². The molecule has 2 N–H and O–H groups in total. The molecule has 3 rings (SSSR count). The first-order valence-electron chi connectivity index (χ1n) is 7.11. The van der Waals surface area contributed by atoms with Crippen molar-refractivity contribution in [2.75, 3.05) is 26.2 Å². The molecule has 0 aliphatic carbocycles. The second kappa shape index (κ2) is 5.65. The van der Waals surface area contributed by atoms with Gasteiger partial charge in [0.1, 0.15) is 5.92 Å². The summed E-state index contributed by atoms with van der Waals surface area (Å²) in [5.41, 5.74) is 1.71. The van der Waals surface area contributed by atoms with Crippen molar-refractivity contribution in [2.24, 2.45) is 4.99 Å². The first kappa shape index (κ1) is 13.8. The standard InChI is InChI=1S/C15H18N4O2/c1-10-3-2-4-11(9-10)12-13(20)17-15(18-14(12)21)19-7-5-16-6-8-19/h2-4,9,12,16H,5-8H2,1H3,(H,17,18,20,21). The van der Waals surface area contributed by atoms with Crippen LogP contribution in [0.15, 0.2) is 29.3 Å². The Morgan fingerprint density at radius 3 is 2.67 bits per heavy atom. The van der Waals surface area contributed by atoms with Crippen molar-refractivity contribution >= 4 is 17.8 Å². The van der Waals surface area contributed by atoms with E-state index in [9.17, 15) is 9.59 Å². The maximum atomic E-state index is 12.3. The number of carbonyl (C=O) groups excluding carboxylic acids is 2. The highest BCUT2D eigenvalue weighted by Gasteiger charge is 2.35. The Balaban J connectivity index is 1.85. The summed E-state index contributed by atoms with van der Waals surface area (Å²) in [6, 6.07) is 7.43. The zero-order valence-corrected chi connectivity index (χ0v) is 11.9. The number of hydrogen-bond acceptors (Lipinski definition) is 4. The van der Waals surface area contributed by atoms with Gasteiger partial charge >= 0.3 is 0 Å². The maximum absolute atomic E-state index is 12.3. The van der Waals surface area contributed by atoms with Gasteiger partial charge in [0, 0.05) is 26.2 Å². The number of hydrogen-bond donors (Lipinski definition) is 2. The van der Waals surface area contributed by atoms with Gasteiger partial charge in [0.05, 0.1) is 0 Å². The summed E-state index contributed by atoms with van der Waals surface area (Å²) >= 11 is 0. The minimum Gasteiger partial charge on any atom is -0.340 e. The molecule has 2 aliphatic rings. The molecule has 21 heavy (non-hydrogen) atoms. The van der Waals surface area contributed by atoms with Gasteiger partial charge in [-0.15, -0.1) is 0 Å². The largest absolute Gasteiger partial charge is 0.340 e. The van der Waals surface area contributed by atoms with Crippen molar-refractivity contribution in [3.63, 3.8) is 0 Å². The fourth-order valence-corrected chi connectivity index (χ4v) is 2.66. The number of aryl methyl sites for hydroxylation is 1. The molecule has 0 spiro atoms. The molecule has 1 atom stereocenters. The molecule has 6 heteroatoms. The van der Waals surface area contributed by atoms with E-state index in [4.69, 9.17) is 0 Å². The minimum atomic E-state index is -0.837. The van der Waals surface area contributed by atoms with Crippen molar-refractivity contribution in [3.05, 3.63) is 35.4 Å². The Morgan fingerprint density at radius 2 is 2.00 bits per heavy atom. The summed E-state index contributed by atoms with van der Waals surface area (Å²) in [4.78, 5) is 30.6. The van der Waals surface area contributed by atoms with Gasteiger partial charge in [-0.1, -0.05) is 29.8 Å². The Kier molecular flexibility index (Phi) is 3.70. The molecule has 2 amide bonds. The number of piperazine rings is 1. The quantitative estimate of drug-likeness (QED) is 0.713. The summed E-state index contributed by atoms with van der Waals surface area (Å²) in [5.74, 6) is -1.14. The Hall–Kier alpha value is -2.21. The van der Waals surface area contributed by atoms with Gasteiger partial charge in [0.25, 0.3) is 5.91 Å². The normalized spacial score (nSPS) is 22.8. The third kappa shape index (κ3) is 2.80. The molecule has 1 unspecified atom stereocenters. The molecule has 110 valence electrons. The Morgan fingerprint density at radius 1 is 1.24 bits per heavy atom. The van der Waals surface area contributed by atoms with Gasteiger partial charge in [-0.2, -0.15) is 4.99 Å². The first-order valence-corrected chi connectivity index (χ1v) is 7.11. The average molecular weight is 286 g/mol. The molecule has 0 bridgehead atoms. The summed E-state index contributed by atoms with van der Waals surface area (Å²) in [6.07, 6.45) is 0. The van der Waals surface area contributed by atoms with Gasteiger partial charge < -0.3 is 10.2 Å². The van der Waals surface area contributed by atoms with Gasteiger partial charge in [-0.05, 0) is 12.5 Å². The Bertz CT molecular complexity index is 605. The van der Waals surface area contributed by atoms with E-state index in [1.807, 2.05) is 30.0 Å². The van der Waals surface area contributed by atoms with Gasteiger partial charge in [-0.25, -0.2) is 0 Å². The van der Waals surface area contributed by atoms with E-state index < -0.39 is 11.8 Å². The fraction of sp³-hybridized carbons (Fsp3) is 0.400. The molecular formula is C15H18N4O2. The lowest BCUT2D eigenvalue weighted by molar-refractivity contribution is -0.130. The highest BCUT2D eigenvalue weighted by atomic mass is 16.2. The van der Waals surface area contributed by atoms with Gasteiger partial charge in [-0.3, -0.25) is 14.9 Å². The van der Waals surface area contributed by atoms with Crippen LogP contribution in [-0.4, -0.2) is 48.9 Å². The molecule has 1 aromatic carbocycles. The molecule has 0 aromatic heterocycles. The second-order valence-corrected chi connectivity index (χ2v) is 5.35. The van der Waals surface area contributed by atoms with Crippen LogP contribution in [0.3, 0.4) is 0 Å². The van der Waals surface area contributed by atoms with Crippen LogP contribution < -0.4 is 10.6 Å². The van der Waals surface area contributed by atoms with Gasteiger partial charge in [0.2, 0.25) is 11.9 Å². The van der Waals surface area contributed by atoms with Crippen molar-refractivity contribution < 1.29 is 9.59 Å². The van der Waals surface area contributed by atoms with Crippen LogP contribution in [0.1, 0.15) is 17.0 Å². The topological polar surface area (TPSA) is 73.8 Å². The minimum absolute atomic E-state index is 0.297. The number of nitrogens with one attached hydrogen (secondary N) is 2. The molecule has 2 aliphatic heterocycles. The fourth-order valence-electron chi connectivity index (χ4n) is 2.66. The van der Waals surface area contributed by atoms with Crippen LogP contribution in [0.4, 0.5) is 0 Å². The first-order chi connectivity index (χ1) is 10.1. The Labute approximate surface area is 123 Å². The van der Waals surface area contributed by atoms with Crippen molar-refractivity contribution in [3.8, 4) is 0 Å². The highest BCUT2D eigenvalue weighted by Crippen LogP contribution is 2.21. The highest BCUT2D eigenvalue weighted by molar-refractivity contribution is 6.18. The van der Waals surface area contributed by atoms with Crippen molar-refractivity contribution in [1.29, 1.82) is 0 Å². The van der Waals surface area contributed by atoms with E-state index in [1.165, 1.54) is 0 Å². The molecule has 2 heterocycles. The zero-order valence-electron chi connectivity index (χ0n) is 11.9. The third-order valence-corrected chi connectivity index (χ3v) is 3.75. The van der Waals surface area contributed by atoms with Crippen LogP contribution >= 0.6 is 0 Å². The third-order valence-electron chi connectivity index (χ3n) is 3.75. The molecule has 1 aromatic rings. The summed E-state index contributed by atoms with van der Waals surface area (Å²) in [5, 5.41) is 6.00. The molecule has 6 nitrogen and oxygen atoms in total. The summed E-state index contributed by atoms with van der Waals surface area (Å²) in [6.45, 7) is 5.06. The van der Waals surface area contributed by atoms with Gasteiger partial charge in [0.15, 0.2) is 0 Å². The lowest BCUT2D eigenvalue weighted by Crippen LogP contribution is -2.55. The SMILES string of the molecule is Cc1cccc(C2C(=O)N=C(N3CCNCC3)NC2=O)c1. The van der Waals surface area contributed by atoms with E-state index in [1.54, 1.807) is 6.07 Å². The number of nitrogens with zero attached hydrogens (tertiary/aromatic N) is 2. The number of guanidine groups is 1. The number of amides is 2. The van der Waals surface area contributed by atoms with Crippen LogP contribution in [-0.2, 0) is 9.59 Å². The average Bonchev–Trinajstić information content (AvgIpc) is 2.47. The summed E-state index contributed by atoms with van der Waals surface area (Å²) < 4.78 is 0. The number of aliphatic imine (C=N–C) groups is 1. The number of carbonyl (C=O) groups is 2. The maximum Gasteiger partial charge on any atom is 0.265 e.